The number of rotatable bonds is 6. The number of furan rings is 1. The van der Waals surface area contributed by atoms with Gasteiger partial charge in [-0.15, -0.1) is 0 Å². The zero-order chi connectivity index (χ0) is 19.4. The molecule has 0 N–H and O–H groups in total. The molecule has 2 aromatic heterocycles. The molecule has 0 aromatic carbocycles. The fourth-order valence-electron chi connectivity index (χ4n) is 2.69. The highest BCUT2D eigenvalue weighted by Gasteiger charge is 2.26. The third kappa shape index (κ3) is 4.95. The van der Waals surface area contributed by atoms with E-state index < -0.39 is 22.6 Å². The van der Waals surface area contributed by atoms with E-state index >= 15 is 0 Å². The van der Waals surface area contributed by atoms with Crippen LogP contribution in [-0.4, -0.2) is 78.3 Å². The highest BCUT2D eigenvalue weighted by molar-refractivity contribution is 7.88. The van der Waals surface area contributed by atoms with Crippen molar-refractivity contribution in [1.29, 1.82) is 0 Å². The summed E-state index contributed by atoms with van der Waals surface area (Å²) in [5, 5.41) is 4.05. The molecule has 3 rings (SSSR count). The van der Waals surface area contributed by atoms with Crippen molar-refractivity contribution in [1.82, 2.24) is 19.0 Å². The molecule has 10 nitrogen and oxygen atoms in total. The van der Waals surface area contributed by atoms with E-state index in [9.17, 15) is 18.0 Å². The Bertz CT molecular complexity index is 897. The largest absolute Gasteiger partial charge is 0.452 e. The molecule has 146 valence electrons. The molecule has 1 aliphatic rings. The number of piperazine rings is 1. The van der Waals surface area contributed by atoms with Crippen molar-refractivity contribution in [3.63, 3.8) is 0 Å². The Morgan fingerprint density at radius 1 is 1.22 bits per heavy atom. The van der Waals surface area contributed by atoms with Gasteiger partial charge >= 0.3 is 5.97 Å². The Morgan fingerprint density at radius 2 is 1.96 bits per heavy atom. The Kier molecular flexibility index (Phi) is 5.61. The molecular formula is C16H20N4O6S. The van der Waals surface area contributed by atoms with Gasteiger partial charge in [-0.2, -0.15) is 9.40 Å². The van der Waals surface area contributed by atoms with Crippen molar-refractivity contribution in [2.45, 2.75) is 6.54 Å². The maximum Gasteiger partial charge on any atom is 0.374 e. The number of carbonyl (C=O) groups excluding carboxylic acids is 2. The molecule has 1 amide bonds. The molecule has 0 saturated carbocycles. The Morgan fingerprint density at radius 3 is 2.59 bits per heavy atom. The van der Waals surface area contributed by atoms with Gasteiger partial charge in [-0.3, -0.25) is 9.48 Å². The van der Waals surface area contributed by atoms with Crippen LogP contribution in [0.4, 0.5) is 0 Å². The van der Waals surface area contributed by atoms with Gasteiger partial charge in [0.2, 0.25) is 15.8 Å². The Balaban J connectivity index is 1.46. The summed E-state index contributed by atoms with van der Waals surface area (Å²) in [5.41, 5.74) is 0. The van der Waals surface area contributed by atoms with E-state index in [0.29, 0.717) is 12.3 Å². The van der Waals surface area contributed by atoms with Gasteiger partial charge in [0.1, 0.15) is 5.76 Å². The predicted octanol–water partition coefficient (Wildman–Crippen LogP) is -0.215. The summed E-state index contributed by atoms with van der Waals surface area (Å²) in [6, 6.07) is 4.90. The predicted molar refractivity (Wildman–Crippen MR) is 93.3 cm³/mol. The summed E-state index contributed by atoms with van der Waals surface area (Å²) >= 11 is 0. The molecule has 0 atom stereocenters. The second-order valence-corrected chi connectivity index (χ2v) is 8.07. The van der Waals surface area contributed by atoms with Gasteiger partial charge in [0.25, 0.3) is 5.91 Å². The lowest BCUT2D eigenvalue weighted by molar-refractivity contribution is -0.135. The smallest absolute Gasteiger partial charge is 0.374 e. The number of carbonyl (C=O) groups is 2. The zero-order valence-electron chi connectivity index (χ0n) is 14.8. The first-order chi connectivity index (χ1) is 12.8. The number of esters is 1. The summed E-state index contributed by atoms with van der Waals surface area (Å²) in [6.45, 7) is 0.939. The van der Waals surface area contributed by atoms with Crippen LogP contribution < -0.4 is 0 Å². The van der Waals surface area contributed by atoms with E-state index in [2.05, 4.69) is 5.10 Å². The fourth-order valence-corrected chi connectivity index (χ4v) is 3.51. The lowest BCUT2D eigenvalue weighted by atomic mass is 10.3. The van der Waals surface area contributed by atoms with E-state index in [0.717, 1.165) is 6.26 Å². The first-order valence-corrected chi connectivity index (χ1v) is 10.1. The molecule has 0 spiro atoms. The number of sulfonamides is 1. The average Bonchev–Trinajstić information content (AvgIpc) is 3.31. The van der Waals surface area contributed by atoms with Crippen LogP contribution in [0, 0.1) is 0 Å². The van der Waals surface area contributed by atoms with E-state index in [4.69, 9.17) is 9.15 Å². The van der Waals surface area contributed by atoms with Crippen LogP contribution in [0.25, 0.3) is 0 Å². The van der Waals surface area contributed by atoms with E-state index in [1.54, 1.807) is 29.2 Å². The van der Waals surface area contributed by atoms with Crippen molar-refractivity contribution in [2.75, 3.05) is 39.0 Å². The van der Waals surface area contributed by atoms with E-state index in [1.807, 2.05) is 0 Å². The van der Waals surface area contributed by atoms with Crippen LogP contribution >= 0.6 is 0 Å². The van der Waals surface area contributed by atoms with Crippen LogP contribution in [0.15, 0.2) is 35.0 Å². The van der Waals surface area contributed by atoms with E-state index in [-0.39, 0.29) is 37.8 Å². The van der Waals surface area contributed by atoms with Crippen LogP contribution in [0.3, 0.4) is 0 Å². The standard InChI is InChI=1S/C16H20N4O6S/c1-27(23,24)20-9-7-18(8-10-20)15(21)12-25-16(22)14-4-3-13(26-14)11-19-6-2-5-17-19/h2-6H,7-12H2,1H3. The van der Waals surface area contributed by atoms with Crippen molar-refractivity contribution >= 4 is 21.9 Å². The molecule has 0 unspecified atom stereocenters. The number of amides is 1. The summed E-state index contributed by atoms with van der Waals surface area (Å²) in [4.78, 5) is 25.7. The maximum atomic E-state index is 12.1. The lowest BCUT2D eigenvalue weighted by Crippen LogP contribution is -2.51. The quantitative estimate of drug-likeness (QED) is 0.620. The molecule has 2 aromatic rings. The van der Waals surface area contributed by atoms with Gasteiger partial charge in [0, 0.05) is 38.6 Å². The molecule has 0 aliphatic carbocycles. The molecule has 1 aliphatic heterocycles. The van der Waals surface area contributed by atoms with Gasteiger partial charge in [-0.1, -0.05) is 0 Å². The monoisotopic (exact) mass is 396 g/mol. The summed E-state index contributed by atoms with van der Waals surface area (Å²) in [6.07, 6.45) is 4.54. The fraction of sp³-hybridized carbons (Fsp3) is 0.438. The first-order valence-electron chi connectivity index (χ1n) is 8.29. The second-order valence-electron chi connectivity index (χ2n) is 6.09. The molecule has 1 fully saturated rings. The number of hydrogen-bond donors (Lipinski definition) is 0. The van der Waals surface area contributed by atoms with Crippen LogP contribution in [-0.2, 0) is 26.1 Å². The van der Waals surface area contributed by atoms with Crippen molar-refractivity contribution < 1.29 is 27.2 Å². The number of ether oxygens (including phenoxy) is 1. The van der Waals surface area contributed by atoms with Gasteiger partial charge in [0.15, 0.2) is 6.61 Å². The molecule has 0 bridgehead atoms. The maximum absolute atomic E-state index is 12.1. The first kappa shape index (κ1) is 19.1. The number of hydrogen-bond acceptors (Lipinski definition) is 7. The van der Waals surface area contributed by atoms with Crippen LogP contribution in [0.1, 0.15) is 16.3 Å². The van der Waals surface area contributed by atoms with E-state index in [1.165, 1.54) is 15.3 Å². The summed E-state index contributed by atoms with van der Waals surface area (Å²) in [7, 11) is -3.26. The third-order valence-corrected chi connectivity index (χ3v) is 5.43. The molecule has 27 heavy (non-hydrogen) atoms. The van der Waals surface area contributed by atoms with Crippen LogP contribution in [0.5, 0.6) is 0 Å². The van der Waals surface area contributed by atoms with Crippen molar-refractivity contribution in [3.8, 4) is 0 Å². The van der Waals surface area contributed by atoms with Gasteiger partial charge in [0.05, 0.1) is 12.8 Å². The third-order valence-electron chi connectivity index (χ3n) is 4.13. The number of aromatic nitrogens is 2. The Hall–Kier alpha value is -2.66. The second kappa shape index (κ2) is 7.92. The zero-order valence-corrected chi connectivity index (χ0v) is 15.6. The SMILES string of the molecule is CS(=O)(=O)N1CCN(C(=O)COC(=O)c2ccc(Cn3cccn3)o2)CC1. The highest BCUT2D eigenvalue weighted by atomic mass is 32.2. The Labute approximate surface area is 156 Å². The number of nitrogens with zero attached hydrogens (tertiary/aromatic N) is 4. The van der Waals surface area contributed by atoms with Gasteiger partial charge in [-0.25, -0.2) is 13.2 Å². The van der Waals surface area contributed by atoms with Gasteiger partial charge < -0.3 is 14.1 Å². The normalized spacial score (nSPS) is 15.7. The molecule has 11 heteroatoms. The molecule has 1 saturated heterocycles. The highest BCUT2D eigenvalue weighted by Crippen LogP contribution is 2.11. The van der Waals surface area contributed by atoms with Crippen molar-refractivity contribution in [2.24, 2.45) is 0 Å². The minimum absolute atomic E-state index is 0.00634. The van der Waals surface area contributed by atoms with Crippen molar-refractivity contribution in [3.05, 3.63) is 42.1 Å². The summed E-state index contributed by atoms with van der Waals surface area (Å²) in [5.74, 6) is -0.564. The van der Waals surface area contributed by atoms with Gasteiger partial charge in [-0.05, 0) is 18.2 Å². The summed E-state index contributed by atoms with van der Waals surface area (Å²) < 4.78 is 36.3. The van der Waals surface area contributed by atoms with Crippen LogP contribution in [0.2, 0.25) is 0 Å². The molecular weight excluding hydrogens is 376 g/mol. The minimum Gasteiger partial charge on any atom is -0.452 e. The molecule has 0 radical (unpaired) electrons. The topological polar surface area (TPSA) is 115 Å². The molecule has 3 heterocycles. The average molecular weight is 396 g/mol. The minimum atomic E-state index is -3.26. The lowest BCUT2D eigenvalue weighted by Gasteiger charge is -2.33.